The quantitative estimate of drug-likeness (QED) is 0.779. The van der Waals surface area contributed by atoms with Crippen LogP contribution in [0.15, 0.2) is 36.9 Å². The Morgan fingerprint density at radius 2 is 1.94 bits per heavy atom. The summed E-state index contributed by atoms with van der Waals surface area (Å²) in [5.41, 5.74) is 2.12. The third kappa shape index (κ3) is 4.04. The minimum atomic E-state index is 0.0772. The molecular weight excluding hydrogens is 212 g/mol. The topological polar surface area (TPSA) is 41.1 Å². The van der Waals surface area contributed by atoms with E-state index >= 15 is 0 Å². The van der Waals surface area contributed by atoms with Gasteiger partial charge in [0.15, 0.2) is 0 Å². The standard InChI is InChI=1S/C14H18N2O/c1-11(12-5-3-2-4-6-12)9-15-10-14(17)16-13-7-8-13/h2-6,13,15H,1,7-10H2,(H,16,17). The maximum absolute atomic E-state index is 11.4. The molecule has 0 saturated heterocycles. The molecule has 1 saturated carbocycles. The Hall–Kier alpha value is -1.61. The van der Waals surface area contributed by atoms with E-state index in [-0.39, 0.29) is 5.91 Å². The predicted octanol–water partition coefficient (Wildman–Crippen LogP) is 1.57. The van der Waals surface area contributed by atoms with E-state index < -0.39 is 0 Å². The Morgan fingerprint density at radius 3 is 2.59 bits per heavy atom. The lowest BCUT2D eigenvalue weighted by Crippen LogP contribution is -2.35. The van der Waals surface area contributed by atoms with Gasteiger partial charge in [0.25, 0.3) is 0 Å². The molecule has 17 heavy (non-hydrogen) atoms. The van der Waals surface area contributed by atoms with Gasteiger partial charge in [0.2, 0.25) is 5.91 Å². The van der Waals surface area contributed by atoms with Crippen molar-refractivity contribution >= 4 is 11.5 Å². The molecule has 0 spiro atoms. The molecule has 3 nitrogen and oxygen atoms in total. The van der Waals surface area contributed by atoms with Crippen LogP contribution in [-0.4, -0.2) is 25.0 Å². The average molecular weight is 230 g/mol. The summed E-state index contributed by atoms with van der Waals surface area (Å²) in [5.74, 6) is 0.0772. The van der Waals surface area contributed by atoms with Crippen molar-refractivity contribution in [1.29, 1.82) is 0 Å². The average Bonchev–Trinajstić information content (AvgIpc) is 3.14. The van der Waals surface area contributed by atoms with Crippen molar-refractivity contribution in [2.24, 2.45) is 0 Å². The number of carbonyl (C=O) groups excluding carboxylic acids is 1. The van der Waals surface area contributed by atoms with Crippen molar-refractivity contribution in [3.8, 4) is 0 Å². The molecule has 0 heterocycles. The Morgan fingerprint density at radius 1 is 1.24 bits per heavy atom. The summed E-state index contributed by atoms with van der Waals surface area (Å²) in [6.45, 7) is 5.01. The number of hydrogen-bond donors (Lipinski definition) is 2. The fourth-order valence-corrected chi connectivity index (χ4v) is 1.61. The first-order chi connectivity index (χ1) is 8.25. The zero-order chi connectivity index (χ0) is 12.1. The smallest absolute Gasteiger partial charge is 0.234 e. The van der Waals surface area contributed by atoms with E-state index in [4.69, 9.17) is 0 Å². The Labute approximate surface area is 102 Å². The summed E-state index contributed by atoms with van der Waals surface area (Å²) < 4.78 is 0. The summed E-state index contributed by atoms with van der Waals surface area (Å²) in [4.78, 5) is 11.4. The summed E-state index contributed by atoms with van der Waals surface area (Å²) in [7, 11) is 0. The molecule has 0 aromatic heterocycles. The van der Waals surface area contributed by atoms with Gasteiger partial charge in [0.1, 0.15) is 0 Å². The zero-order valence-corrected chi connectivity index (χ0v) is 9.91. The second kappa shape index (κ2) is 5.64. The molecule has 1 aliphatic carbocycles. The Kier molecular flexibility index (Phi) is 3.94. The zero-order valence-electron chi connectivity index (χ0n) is 9.91. The maximum Gasteiger partial charge on any atom is 0.234 e. The van der Waals surface area contributed by atoms with Crippen LogP contribution in [0.25, 0.3) is 5.57 Å². The van der Waals surface area contributed by atoms with Crippen LogP contribution in [-0.2, 0) is 4.79 Å². The minimum absolute atomic E-state index is 0.0772. The van der Waals surface area contributed by atoms with Crippen LogP contribution in [0, 0.1) is 0 Å². The maximum atomic E-state index is 11.4. The fraction of sp³-hybridized carbons (Fsp3) is 0.357. The lowest BCUT2D eigenvalue weighted by atomic mass is 10.1. The van der Waals surface area contributed by atoms with Gasteiger partial charge in [0, 0.05) is 12.6 Å². The highest BCUT2D eigenvalue weighted by molar-refractivity contribution is 5.79. The normalized spacial score (nSPS) is 14.4. The van der Waals surface area contributed by atoms with Gasteiger partial charge in [-0.3, -0.25) is 4.79 Å². The van der Waals surface area contributed by atoms with Crippen LogP contribution in [0.4, 0.5) is 0 Å². The summed E-state index contributed by atoms with van der Waals surface area (Å²) in [6, 6.07) is 10.4. The fourth-order valence-electron chi connectivity index (χ4n) is 1.61. The van der Waals surface area contributed by atoms with E-state index in [1.165, 1.54) is 0 Å². The van der Waals surface area contributed by atoms with Gasteiger partial charge in [-0.25, -0.2) is 0 Å². The highest BCUT2D eigenvalue weighted by atomic mass is 16.2. The number of nitrogens with one attached hydrogen (secondary N) is 2. The van der Waals surface area contributed by atoms with Gasteiger partial charge in [-0.1, -0.05) is 36.9 Å². The number of amides is 1. The van der Waals surface area contributed by atoms with E-state index in [1.54, 1.807) is 0 Å². The molecule has 0 bridgehead atoms. The van der Waals surface area contributed by atoms with E-state index in [0.717, 1.165) is 24.0 Å². The van der Waals surface area contributed by atoms with Gasteiger partial charge >= 0.3 is 0 Å². The minimum Gasteiger partial charge on any atom is -0.352 e. The molecule has 90 valence electrons. The molecule has 2 N–H and O–H groups in total. The highest BCUT2D eigenvalue weighted by Crippen LogP contribution is 2.18. The first-order valence-electron chi connectivity index (χ1n) is 5.99. The molecule has 1 fully saturated rings. The summed E-state index contributed by atoms with van der Waals surface area (Å²) in [5, 5.41) is 6.04. The van der Waals surface area contributed by atoms with Crippen LogP contribution < -0.4 is 10.6 Å². The Balaban J connectivity index is 1.67. The molecule has 1 aromatic carbocycles. The van der Waals surface area contributed by atoms with Crippen molar-refractivity contribution in [2.45, 2.75) is 18.9 Å². The van der Waals surface area contributed by atoms with E-state index in [2.05, 4.69) is 17.2 Å². The molecule has 3 heteroatoms. The molecule has 0 unspecified atom stereocenters. The van der Waals surface area contributed by atoms with Crippen LogP contribution >= 0.6 is 0 Å². The van der Waals surface area contributed by atoms with Crippen molar-refractivity contribution in [3.63, 3.8) is 0 Å². The van der Waals surface area contributed by atoms with Crippen LogP contribution in [0.1, 0.15) is 18.4 Å². The molecular formula is C14H18N2O. The number of rotatable bonds is 6. The SMILES string of the molecule is C=C(CNCC(=O)NC1CC1)c1ccccc1. The van der Waals surface area contributed by atoms with Gasteiger partial charge in [-0.05, 0) is 24.0 Å². The van der Waals surface area contributed by atoms with Gasteiger partial charge in [-0.15, -0.1) is 0 Å². The molecule has 1 aliphatic rings. The van der Waals surface area contributed by atoms with Crippen molar-refractivity contribution in [1.82, 2.24) is 10.6 Å². The molecule has 0 aliphatic heterocycles. The van der Waals surface area contributed by atoms with Crippen LogP contribution in [0.5, 0.6) is 0 Å². The molecule has 1 amide bonds. The summed E-state index contributed by atoms with van der Waals surface area (Å²) >= 11 is 0. The Bertz CT molecular complexity index is 396. The molecule has 0 atom stereocenters. The molecule has 1 aromatic rings. The number of hydrogen-bond acceptors (Lipinski definition) is 2. The summed E-state index contributed by atoms with van der Waals surface area (Å²) in [6.07, 6.45) is 2.25. The first kappa shape index (κ1) is 11.9. The first-order valence-corrected chi connectivity index (χ1v) is 5.99. The molecule has 2 rings (SSSR count). The largest absolute Gasteiger partial charge is 0.352 e. The van der Waals surface area contributed by atoms with E-state index in [1.807, 2.05) is 30.3 Å². The molecule has 0 radical (unpaired) electrons. The lowest BCUT2D eigenvalue weighted by molar-refractivity contribution is -0.120. The third-order valence-electron chi connectivity index (χ3n) is 2.75. The van der Waals surface area contributed by atoms with Crippen LogP contribution in [0.2, 0.25) is 0 Å². The second-order valence-corrected chi connectivity index (χ2v) is 4.41. The number of benzene rings is 1. The van der Waals surface area contributed by atoms with E-state index in [9.17, 15) is 4.79 Å². The van der Waals surface area contributed by atoms with Crippen LogP contribution in [0.3, 0.4) is 0 Å². The lowest BCUT2D eigenvalue weighted by Gasteiger charge is -2.08. The van der Waals surface area contributed by atoms with Crippen molar-refractivity contribution in [3.05, 3.63) is 42.5 Å². The van der Waals surface area contributed by atoms with Gasteiger partial charge < -0.3 is 10.6 Å². The predicted molar refractivity (Wildman–Crippen MR) is 69.5 cm³/mol. The van der Waals surface area contributed by atoms with E-state index in [0.29, 0.717) is 19.1 Å². The second-order valence-electron chi connectivity index (χ2n) is 4.41. The van der Waals surface area contributed by atoms with Gasteiger partial charge in [-0.2, -0.15) is 0 Å². The highest BCUT2D eigenvalue weighted by Gasteiger charge is 2.22. The van der Waals surface area contributed by atoms with Crippen molar-refractivity contribution in [2.75, 3.05) is 13.1 Å². The number of carbonyl (C=O) groups is 1. The monoisotopic (exact) mass is 230 g/mol. The van der Waals surface area contributed by atoms with Gasteiger partial charge in [0.05, 0.1) is 6.54 Å². The van der Waals surface area contributed by atoms with Crippen molar-refractivity contribution < 1.29 is 4.79 Å². The third-order valence-corrected chi connectivity index (χ3v) is 2.75.